The van der Waals surface area contributed by atoms with Gasteiger partial charge in [0.1, 0.15) is 5.82 Å². The van der Waals surface area contributed by atoms with Crippen molar-refractivity contribution in [3.05, 3.63) is 59.9 Å². The summed E-state index contributed by atoms with van der Waals surface area (Å²) in [6.45, 7) is 5.36. The Balaban J connectivity index is 1.61. The maximum absolute atomic E-state index is 14.1. The first-order valence-corrected chi connectivity index (χ1v) is 11.1. The van der Waals surface area contributed by atoms with Crippen molar-refractivity contribution in [3.63, 3.8) is 0 Å². The number of alkyl halides is 3. The molecule has 172 valence electrons. The molecule has 1 atom stereocenters. The monoisotopic (exact) mass is 445 g/mol. The fourth-order valence-corrected chi connectivity index (χ4v) is 4.77. The van der Waals surface area contributed by atoms with Crippen molar-refractivity contribution in [2.75, 3.05) is 18.0 Å². The Bertz CT molecular complexity index is 1060. The lowest BCUT2D eigenvalue weighted by Crippen LogP contribution is -2.50. The van der Waals surface area contributed by atoms with Crippen molar-refractivity contribution in [2.24, 2.45) is 0 Å². The summed E-state index contributed by atoms with van der Waals surface area (Å²) in [5, 5.41) is 11.7. The molecule has 0 amide bonds. The molecule has 1 aromatic carbocycles. The molecule has 0 saturated carbocycles. The second-order valence-electron chi connectivity index (χ2n) is 9.60. The number of piperidine rings is 1. The van der Waals surface area contributed by atoms with Gasteiger partial charge in [0.05, 0.1) is 11.7 Å². The molecule has 1 aliphatic rings. The van der Waals surface area contributed by atoms with Gasteiger partial charge in [-0.2, -0.15) is 13.2 Å². The molecule has 1 fully saturated rings. The van der Waals surface area contributed by atoms with E-state index < -0.39 is 30.0 Å². The minimum absolute atomic E-state index is 0.348. The van der Waals surface area contributed by atoms with Gasteiger partial charge in [-0.25, -0.2) is 4.98 Å². The molecule has 4 nitrogen and oxygen atoms in total. The summed E-state index contributed by atoms with van der Waals surface area (Å²) in [5.41, 5.74) is -1.94. The van der Waals surface area contributed by atoms with E-state index in [1.165, 1.54) is 6.42 Å². The predicted molar refractivity (Wildman–Crippen MR) is 121 cm³/mol. The van der Waals surface area contributed by atoms with Crippen LogP contribution in [0.3, 0.4) is 0 Å². The van der Waals surface area contributed by atoms with Crippen molar-refractivity contribution in [1.29, 1.82) is 0 Å². The number of rotatable bonds is 6. The number of benzene rings is 1. The molecule has 1 unspecified atom stereocenters. The lowest BCUT2D eigenvalue weighted by Gasteiger charge is -2.37. The van der Waals surface area contributed by atoms with Gasteiger partial charge in [0.25, 0.3) is 0 Å². The number of fused-ring (bicyclic) bond motifs is 1. The number of pyridine rings is 1. The van der Waals surface area contributed by atoms with Crippen LogP contribution in [0.15, 0.2) is 48.7 Å². The van der Waals surface area contributed by atoms with Gasteiger partial charge in [-0.3, -0.25) is 0 Å². The zero-order valence-electron chi connectivity index (χ0n) is 18.5. The first kappa shape index (κ1) is 22.6. The second kappa shape index (κ2) is 8.43. The Morgan fingerprint density at radius 2 is 1.72 bits per heavy atom. The predicted octanol–water partition coefficient (Wildman–Crippen LogP) is 5.76. The van der Waals surface area contributed by atoms with Crippen molar-refractivity contribution in [2.45, 2.75) is 63.1 Å². The molecule has 2 aromatic heterocycles. The minimum Gasteiger partial charge on any atom is -0.380 e. The fourth-order valence-electron chi connectivity index (χ4n) is 4.77. The lowest BCUT2D eigenvalue weighted by molar-refractivity contribution is -0.266. The number of nitrogens with one attached hydrogen (secondary N) is 1. The van der Waals surface area contributed by atoms with E-state index in [-0.39, 0.29) is 0 Å². The topological polar surface area (TPSA) is 52.1 Å². The number of aliphatic hydroxyl groups is 1. The van der Waals surface area contributed by atoms with E-state index in [1.54, 1.807) is 50.4 Å². The average molecular weight is 446 g/mol. The first-order chi connectivity index (χ1) is 15.1. The Kier molecular flexibility index (Phi) is 5.96. The fraction of sp³-hybridized carbons (Fsp3) is 0.480. The summed E-state index contributed by atoms with van der Waals surface area (Å²) in [6.07, 6.45) is -0.637. The van der Waals surface area contributed by atoms with Gasteiger partial charge in [-0.05, 0) is 48.8 Å². The highest BCUT2D eigenvalue weighted by atomic mass is 19.4. The number of aromatic amines is 1. The average Bonchev–Trinajstić information content (AvgIpc) is 3.15. The molecule has 0 radical (unpaired) electrons. The van der Waals surface area contributed by atoms with Crippen LogP contribution >= 0.6 is 0 Å². The molecule has 0 spiro atoms. The van der Waals surface area contributed by atoms with Crippen molar-refractivity contribution < 1.29 is 18.3 Å². The summed E-state index contributed by atoms with van der Waals surface area (Å²) >= 11 is 0. The third kappa shape index (κ3) is 4.63. The van der Waals surface area contributed by atoms with Crippen LogP contribution in [-0.4, -0.2) is 39.9 Å². The normalized spacial score (nSPS) is 17.5. The number of H-pyrrole nitrogens is 1. The SMILES string of the molecule is CC(C)(CC(O)(Cc1cc2cc(N3CCCCC3)ncc2[nH]1)C(F)(F)F)c1ccccc1. The highest BCUT2D eigenvalue weighted by Crippen LogP contribution is 2.43. The van der Waals surface area contributed by atoms with Gasteiger partial charge in [0, 0.05) is 30.6 Å². The van der Waals surface area contributed by atoms with Gasteiger partial charge in [0.2, 0.25) is 0 Å². The van der Waals surface area contributed by atoms with Gasteiger partial charge in [-0.15, -0.1) is 0 Å². The van der Waals surface area contributed by atoms with Crippen molar-refractivity contribution in [1.82, 2.24) is 9.97 Å². The van der Waals surface area contributed by atoms with E-state index in [2.05, 4.69) is 14.9 Å². The maximum atomic E-state index is 14.1. The maximum Gasteiger partial charge on any atom is 0.417 e. The number of hydrogen-bond donors (Lipinski definition) is 2. The third-order valence-electron chi connectivity index (χ3n) is 6.53. The molecule has 32 heavy (non-hydrogen) atoms. The third-order valence-corrected chi connectivity index (χ3v) is 6.53. The molecule has 1 aliphatic heterocycles. The quantitative estimate of drug-likeness (QED) is 0.507. The van der Waals surface area contributed by atoms with Crippen LogP contribution in [0.5, 0.6) is 0 Å². The molecule has 3 aromatic rings. The summed E-state index contributed by atoms with van der Waals surface area (Å²) in [7, 11) is 0. The Labute approximate surface area is 186 Å². The standard InChI is InChI=1S/C25H30F3N3O/c1-23(2,19-9-5-3-6-10-19)17-24(32,25(26,27)28)15-20-13-18-14-22(29-16-21(18)30-20)31-11-7-4-8-12-31/h3,5-6,9-10,13-14,16,30,32H,4,7-8,11-12,15,17H2,1-2H3. The molecular formula is C25H30F3N3O. The first-order valence-electron chi connectivity index (χ1n) is 11.1. The van der Waals surface area contributed by atoms with Crippen molar-refractivity contribution >= 4 is 16.7 Å². The van der Waals surface area contributed by atoms with Gasteiger partial charge >= 0.3 is 6.18 Å². The smallest absolute Gasteiger partial charge is 0.380 e. The van der Waals surface area contributed by atoms with E-state index in [0.29, 0.717) is 11.2 Å². The number of aromatic nitrogens is 2. The number of nitrogens with zero attached hydrogens (tertiary/aromatic N) is 2. The van der Waals surface area contributed by atoms with Crippen LogP contribution in [0.1, 0.15) is 50.8 Å². The van der Waals surface area contributed by atoms with E-state index in [9.17, 15) is 18.3 Å². The molecule has 1 saturated heterocycles. The largest absolute Gasteiger partial charge is 0.417 e. The van der Waals surface area contributed by atoms with E-state index >= 15 is 0 Å². The molecule has 4 rings (SSSR count). The summed E-state index contributed by atoms with van der Waals surface area (Å²) in [6, 6.07) is 12.6. The Morgan fingerprint density at radius 1 is 1.03 bits per heavy atom. The summed E-state index contributed by atoms with van der Waals surface area (Å²) in [4.78, 5) is 9.75. The molecule has 3 heterocycles. The molecule has 2 N–H and O–H groups in total. The van der Waals surface area contributed by atoms with Crippen LogP contribution in [-0.2, 0) is 11.8 Å². The van der Waals surface area contributed by atoms with Crippen LogP contribution in [0.2, 0.25) is 0 Å². The zero-order valence-corrected chi connectivity index (χ0v) is 18.5. The second-order valence-corrected chi connectivity index (χ2v) is 9.60. The van der Waals surface area contributed by atoms with Gasteiger partial charge < -0.3 is 15.0 Å². The van der Waals surface area contributed by atoms with E-state index in [1.807, 2.05) is 12.1 Å². The molecular weight excluding hydrogens is 415 g/mol. The molecule has 7 heteroatoms. The Morgan fingerprint density at radius 3 is 2.38 bits per heavy atom. The van der Waals surface area contributed by atoms with Gasteiger partial charge in [0.15, 0.2) is 5.60 Å². The van der Waals surface area contributed by atoms with Gasteiger partial charge in [-0.1, -0.05) is 44.2 Å². The summed E-state index contributed by atoms with van der Waals surface area (Å²) < 4.78 is 42.3. The van der Waals surface area contributed by atoms with Crippen LogP contribution in [0, 0.1) is 0 Å². The zero-order chi connectivity index (χ0) is 23.0. The number of halogens is 3. The number of anilines is 1. The van der Waals surface area contributed by atoms with Crippen LogP contribution in [0.25, 0.3) is 10.9 Å². The minimum atomic E-state index is -4.77. The highest BCUT2D eigenvalue weighted by Gasteiger charge is 2.56. The molecule has 0 aliphatic carbocycles. The van der Waals surface area contributed by atoms with E-state index in [0.717, 1.165) is 42.7 Å². The van der Waals surface area contributed by atoms with Crippen molar-refractivity contribution in [3.8, 4) is 0 Å². The van der Waals surface area contributed by atoms with E-state index in [4.69, 9.17) is 0 Å². The lowest BCUT2D eigenvalue weighted by atomic mass is 9.73. The van der Waals surface area contributed by atoms with Crippen LogP contribution < -0.4 is 4.90 Å². The highest BCUT2D eigenvalue weighted by molar-refractivity contribution is 5.82. The van der Waals surface area contributed by atoms with Crippen LogP contribution in [0.4, 0.5) is 19.0 Å². The molecule has 0 bridgehead atoms. The summed E-state index contributed by atoms with van der Waals surface area (Å²) in [5.74, 6) is 0.846. The number of hydrogen-bond acceptors (Lipinski definition) is 3. The Hall–Kier alpha value is -2.54.